The average molecular weight is 248 g/mol. The van der Waals surface area contributed by atoms with Crippen LogP contribution in [0.4, 0.5) is 4.79 Å². The molecule has 1 saturated heterocycles. The van der Waals surface area contributed by atoms with Crippen molar-refractivity contribution in [3.05, 3.63) is 35.9 Å². The minimum Gasteiger partial charge on any atom is -0.465 e. The molecule has 4 nitrogen and oxygen atoms in total. The van der Waals surface area contributed by atoms with Crippen molar-refractivity contribution in [1.82, 2.24) is 9.80 Å². The van der Waals surface area contributed by atoms with Crippen LogP contribution in [0, 0.1) is 0 Å². The summed E-state index contributed by atoms with van der Waals surface area (Å²) in [5.74, 6) is 0. The molecule has 0 bridgehead atoms. The lowest BCUT2D eigenvalue weighted by Crippen LogP contribution is -2.37. The van der Waals surface area contributed by atoms with E-state index >= 15 is 0 Å². The molecule has 0 radical (unpaired) electrons. The van der Waals surface area contributed by atoms with Crippen LogP contribution in [0.15, 0.2) is 30.3 Å². The van der Waals surface area contributed by atoms with E-state index in [0.29, 0.717) is 0 Å². The van der Waals surface area contributed by atoms with Crippen LogP contribution >= 0.6 is 0 Å². The molecule has 0 saturated carbocycles. The van der Waals surface area contributed by atoms with Crippen LogP contribution in [0.3, 0.4) is 0 Å². The third-order valence-electron chi connectivity index (χ3n) is 3.58. The molecule has 98 valence electrons. The van der Waals surface area contributed by atoms with Gasteiger partial charge in [0.1, 0.15) is 0 Å². The fourth-order valence-electron chi connectivity index (χ4n) is 2.47. The lowest BCUT2D eigenvalue weighted by Gasteiger charge is -2.30. The molecule has 0 spiro atoms. The Bertz CT molecular complexity index is 388. The zero-order valence-electron chi connectivity index (χ0n) is 10.7. The topological polar surface area (TPSA) is 43.8 Å². The fourth-order valence-corrected chi connectivity index (χ4v) is 2.47. The Morgan fingerprint density at radius 3 is 2.50 bits per heavy atom. The lowest BCUT2D eigenvalue weighted by molar-refractivity contribution is 0.125. The summed E-state index contributed by atoms with van der Waals surface area (Å²) in [6.07, 6.45) is 1.57. The number of rotatable bonds is 4. The van der Waals surface area contributed by atoms with Crippen LogP contribution in [-0.4, -0.2) is 47.7 Å². The van der Waals surface area contributed by atoms with Crippen molar-refractivity contribution in [2.45, 2.75) is 18.9 Å². The van der Waals surface area contributed by atoms with E-state index in [0.717, 1.165) is 25.2 Å². The highest BCUT2D eigenvalue weighted by molar-refractivity contribution is 5.65. The first-order valence-corrected chi connectivity index (χ1v) is 6.41. The number of carboxylic acid groups (broad SMARTS) is 1. The molecule has 2 rings (SSSR count). The monoisotopic (exact) mass is 248 g/mol. The Kier molecular flexibility index (Phi) is 4.20. The predicted molar refractivity (Wildman–Crippen MR) is 70.6 cm³/mol. The van der Waals surface area contributed by atoms with Gasteiger partial charge in [-0.1, -0.05) is 30.3 Å². The van der Waals surface area contributed by atoms with Crippen molar-refractivity contribution in [2.24, 2.45) is 0 Å². The van der Waals surface area contributed by atoms with Crippen molar-refractivity contribution in [3.63, 3.8) is 0 Å². The van der Waals surface area contributed by atoms with E-state index in [9.17, 15) is 9.90 Å². The van der Waals surface area contributed by atoms with E-state index in [4.69, 9.17) is 0 Å². The number of carbonyl (C=O) groups is 1. The second-order valence-electron chi connectivity index (χ2n) is 4.83. The molecule has 1 aliphatic rings. The SMILES string of the molecule is CN(C(=O)O)C(CN1CCCC1)c1ccccc1. The van der Waals surface area contributed by atoms with Gasteiger partial charge < -0.3 is 14.9 Å². The zero-order valence-corrected chi connectivity index (χ0v) is 10.7. The third-order valence-corrected chi connectivity index (χ3v) is 3.58. The molecular weight excluding hydrogens is 228 g/mol. The van der Waals surface area contributed by atoms with Gasteiger partial charge in [-0.05, 0) is 31.5 Å². The van der Waals surface area contributed by atoms with Gasteiger partial charge in [-0.25, -0.2) is 4.79 Å². The molecular formula is C14H20N2O2. The molecule has 0 aromatic heterocycles. The van der Waals surface area contributed by atoms with Crippen LogP contribution in [0.25, 0.3) is 0 Å². The maximum absolute atomic E-state index is 11.2. The van der Waals surface area contributed by atoms with Gasteiger partial charge in [0.25, 0.3) is 0 Å². The van der Waals surface area contributed by atoms with Crippen molar-refractivity contribution in [3.8, 4) is 0 Å². The van der Waals surface area contributed by atoms with Crippen molar-refractivity contribution in [2.75, 3.05) is 26.7 Å². The summed E-state index contributed by atoms with van der Waals surface area (Å²) >= 11 is 0. The van der Waals surface area contributed by atoms with Gasteiger partial charge >= 0.3 is 6.09 Å². The van der Waals surface area contributed by atoms with E-state index in [2.05, 4.69) is 4.90 Å². The normalized spacial score (nSPS) is 17.6. The maximum atomic E-state index is 11.2. The quantitative estimate of drug-likeness (QED) is 0.890. The summed E-state index contributed by atoms with van der Waals surface area (Å²) in [7, 11) is 1.65. The average Bonchev–Trinajstić information content (AvgIpc) is 2.89. The first kappa shape index (κ1) is 12.9. The number of likely N-dealkylation sites (tertiary alicyclic amines) is 1. The van der Waals surface area contributed by atoms with Gasteiger partial charge in [-0.2, -0.15) is 0 Å². The van der Waals surface area contributed by atoms with Crippen molar-refractivity contribution >= 4 is 6.09 Å². The first-order valence-electron chi connectivity index (χ1n) is 6.41. The van der Waals surface area contributed by atoms with E-state index in [-0.39, 0.29) is 6.04 Å². The van der Waals surface area contributed by atoms with E-state index in [1.54, 1.807) is 7.05 Å². The van der Waals surface area contributed by atoms with Gasteiger partial charge in [-0.3, -0.25) is 0 Å². The van der Waals surface area contributed by atoms with Crippen LogP contribution in [-0.2, 0) is 0 Å². The number of benzene rings is 1. The van der Waals surface area contributed by atoms with Gasteiger partial charge in [0.05, 0.1) is 6.04 Å². The lowest BCUT2D eigenvalue weighted by atomic mass is 10.1. The van der Waals surface area contributed by atoms with Gasteiger partial charge in [0, 0.05) is 13.6 Å². The summed E-state index contributed by atoms with van der Waals surface area (Å²) in [5, 5.41) is 9.20. The van der Waals surface area contributed by atoms with Crippen LogP contribution in [0.5, 0.6) is 0 Å². The molecule has 1 N–H and O–H groups in total. The molecule has 1 aliphatic heterocycles. The minimum absolute atomic E-state index is 0.0817. The molecule has 1 heterocycles. The number of nitrogens with zero attached hydrogens (tertiary/aromatic N) is 2. The summed E-state index contributed by atoms with van der Waals surface area (Å²) in [4.78, 5) is 14.9. The standard InChI is InChI=1S/C14H20N2O2/c1-15(14(17)18)13(11-16-9-5-6-10-16)12-7-3-2-4-8-12/h2-4,7-8,13H,5-6,9-11H2,1H3,(H,17,18). The number of likely N-dealkylation sites (N-methyl/N-ethyl adjacent to an activating group) is 1. The summed E-state index contributed by atoms with van der Waals surface area (Å²) in [6.45, 7) is 2.94. The summed E-state index contributed by atoms with van der Waals surface area (Å²) in [6, 6.07) is 9.79. The molecule has 1 atom stereocenters. The first-order chi connectivity index (χ1) is 8.68. The van der Waals surface area contributed by atoms with Crippen LogP contribution < -0.4 is 0 Å². The minimum atomic E-state index is -0.872. The molecule has 1 unspecified atom stereocenters. The number of amides is 1. The van der Waals surface area contributed by atoms with E-state index in [1.165, 1.54) is 17.7 Å². The largest absolute Gasteiger partial charge is 0.465 e. The molecule has 1 fully saturated rings. The second kappa shape index (κ2) is 5.87. The van der Waals surface area contributed by atoms with Crippen LogP contribution in [0.1, 0.15) is 24.4 Å². The molecule has 1 amide bonds. The molecule has 1 aromatic rings. The summed E-state index contributed by atoms with van der Waals surface area (Å²) in [5.41, 5.74) is 1.06. The third kappa shape index (κ3) is 3.01. The number of hydrogen-bond donors (Lipinski definition) is 1. The molecule has 18 heavy (non-hydrogen) atoms. The highest BCUT2D eigenvalue weighted by Crippen LogP contribution is 2.22. The molecule has 1 aromatic carbocycles. The Morgan fingerprint density at radius 1 is 1.33 bits per heavy atom. The van der Waals surface area contributed by atoms with E-state index < -0.39 is 6.09 Å². The smallest absolute Gasteiger partial charge is 0.407 e. The summed E-state index contributed by atoms with van der Waals surface area (Å²) < 4.78 is 0. The van der Waals surface area contributed by atoms with Crippen molar-refractivity contribution in [1.29, 1.82) is 0 Å². The van der Waals surface area contributed by atoms with E-state index in [1.807, 2.05) is 30.3 Å². The van der Waals surface area contributed by atoms with Crippen molar-refractivity contribution < 1.29 is 9.90 Å². The molecule has 0 aliphatic carbocycles. The highest BCUT2D eigenvalue weighted by Gasteiger charge is 2.24. The predicted octanol–water partition coefficient (Wildman–Crippen LogP) is 2.43. The Labute approximate surface area is 108 Å². The Hall–Kier alpha value is -1.55. The number of hydrogen-bond acceptors (Lipinski definition) is 2. The Balaban J connectivity index is 2.14. The Morgan fingerprint density at radius 2 is 1.94 bits per heavy atom. The maximum Gasteiger partial charge on any atom is 0.407 e. The second-order valence-corrected chi connectivity index (χ2v) is 4.83. The van der Waals surface area contributed by atoms with Gasteiger partial charge in [0.2, 0.25) is 0 Å². The molecule has 4 heteroatoms. The van der Waals surface area contributed by atoms with Gasteiger partial charge in [-0.15, -0.1) is 0 Å². The highest BCUT2D eigenvalue weighted by atomic mass is 16.4. The van der Waals surface area contributed by atoms with Gasteiger partial charge in [0.15, 0.2) is 0 Å². The zero-order chi connectivity index (χ0) is 13.0. The van der Waals surface area contributed by atoms with Crippen LogP contribution in [0.2, 0.25) is 0 Å². The fraction of sp³-hybridized carbons (Fsp3) is 0.500.